The van der Waals surface area contributed by atoms with Crippen LogP contribution in [0.25, 0.3) is 0 Å². The Balaban J connectivity index is 1.59. The van der Waals surface area contributed by atoms with Gasteiger partial charge in [-0.25, -0.2) is 4.39 Å². The summed E-state index contributed by atoms with van der Waals surface area (Å²) >= 11 is 0. The molecular formula is C17H21FN4O. The molecule has 0 amide bonds. The minimum Gasteiger partial charge on any atom is -0.496 e. The lowest BCUT2D eigenvalue weighted by Gasteiger charge is -2.25. The molecule has 1 aromatic heterocycles. The number of methoxy groups -OCH3 is 1. The fraction of sp³-hybridized carbons (Fsp3) is 0.412. The zero-order valence-corrected chi connectivity index (χ0v) is 13.2. The van der Waals surface area contributed by atoms with Gasteiger partial charge in [0.2, 0.25) is 0 Å². The van der Waals surface area contributed by atoms with Crippen LogP contribution in [0.2, 0.25) is 0 Å². The molecule has 5 nitrogen and oxygen atoms in total. The van der Waals surface area contributed by atoms with Crippen molar-refractivity contribution in [2.24, 2.45) is 0 Å². The van der Waals surface area contributed by atoms with E-state index in [4.69, 9.17) is 4.74 Å². The van der Waals surface area contributed by atoms with Crippen LogP contribution in [0.4, 0.5) is 10.2 Å². The van der Waals surface area contributed by atoms with Crippen molar-refractivity contribution in [3.05, 3.63) is 47.9 Å². The second kappa shape index (κ2) is 7.37. The molecule has 0 radical (unpaired) electrons. The van der Waals surface area contributed by atoms with Gasteiger partial charge in [0.1, 0.15) is 11.6 Å². The Labute approximate surface area is 135 Å². The molecule has 0 aliphatic carbocycles. The Kier molecular flexibility index (Phi) is 5.02. The molecule has 0 bridgehead atoms. The van der Waals surface area contributed by atoms with Crippen molar-refractivity contribution >= 4 is 5.82 Å². The number of hydrogen-bond acceptors (Lipinski definition) is 5. The van der Waals surface area contributed by atoms with Crippen molar-refractivity contribution in [3.63, 3.8) is 0 Å². The first-order valence-electron chi connectivity index (χ1n) is 7.85. The number of rotatable bonds is 6. The molecule has 0 unspecified atom stereocenters. The quantitative estimate of drug-likeness (QED) is 0.887. The molecule has 1 aromatic carbocycles. The largest absolute Gasteiger partial charge is 0.496 e. The third-order valence-electron chi connectivity index (χ3n) is 4.17. The summed E-state index contributed by atoms with van der Waals surface area (Å²) < 4.78 is 18.7. The average molecular weight is 316 g/mol. The van der Waals surface area contributed by atoms with E-state index in [0.29, 0.717) is 18.3 Å². The summed E-state index contributed by atoms with van der Waals surface area (Å²) in [6, 6.07) is 8.86. The fourth-order valence-corrected chi connectivity index (χ4v) is 3.05. The summed E-state index contributed by atoms with van der Waals surface area (Å²) in [4.78, 5) is 2.28. The van der Waals surface area contributed by atoms with Gasteiger partial charge in [-0.3, -0.25) is 0 Å². The molecule has 1 saturated heterocycles. The van der Waals surface area contributed by atoms with E-state index in [2.05, 4.69) is 20.4 Å². The molecular weight excluding hydrogens is 295 g/mol. The van der Waals surface area contributed by atoms with Crippen molar-refractivity contribution in [3.8, 4) is 5.75 Å². The first kappa shape index (κ1) is 15.7. The molecule has 3 rings (SSSR count). The monoisotopic (exact) mass is 316 g/mol. The van der Waals surface area contributed by atoms with E-state index in [1.165, 1.54) is 12.1 Å². The minimum atomic E-state index is -0.246. The number of hydrogen-bond donors (Lipinski definition) is 1. The van der Waals surface area contributed by atoms with Gasteiger partial charge in [-0.15, -0.1) is 5.10 Å². The molecule has 6 heteroatoms. The summed E-state index contributed by atoms with van der Waals surface area (Å²) in [5, 5.41) is 11.6. The Hall–Kier alpha value is -2.21. The van der Waals surface area contributed by atoms with Crippen molar-refractivity contribution in [1.82, 2.24) is 15.5 Å². The van der Waals surface area contributed by atoms with Crippen LogP contribution in [0, 0.1) is 5.82 Å². The predicted molar refractivity (Wildman–Crippen MR) is 87.1 cm³/mol. The van der Waals surface area contributed by atoms with E-state index in [0.717, 1.165) is 37.3 Å². The van der Waals surface area contributed by atoms with E-state index >= 15 is 0 Å². The number of aromatic nitrogens is 2. The minimum absolute atomic E-state index is 0.246. The topological polar surface area (TPSA) is 50.3 Å². The van der Waals surface area contributed by atoms with Crippen molar-refractivity contribution in [2.75, 3.05) is 25.1 Å². The highest BCUT2D eigenvalue weighted by Gasteiger charge is 2.25. The highest BCUT2D eigenvalue weighted by Crippen LogP contribution is 2.23. The first-order valence-corrected chi connectivity index (χ1v) is 7.85. The number of nitrogens with one attached hydrogen (secondary N) is 1. The Bertz CT molecular complexity index is 638. The SMILES string of the molecule is COc1ccc(F)cc1CNC[C@H]1CCCN1c1cccnn1. The van der Waals surface area contributed by atoms with E-state index in [9.17, 15) is 4.39 Å². The lowest BCUT2D eigenvalue weighted by atomic mass is 10.1. The van der Waals surface area contributed by atoms with Gasteiger partial charge < -0.3 is 15.0 Å². The van der Waals surface area contributed by atoms with Crippen LogP contribution in [-0.2, 0) is 6.54 Å². The molecule has 1 atom stereocenters. The third kappa shape index (κ3) is 3.76. The summed E-state index contributed by atoms with van der Waals surface area (Å²) in [6.07, 6.45) is 3.94. The third-order valence-corrected chi connectivity index (χ3v) is 4.17. The zero-order chi connectivity index (χ0) is 16.1. The maximum atomic E-state index is 13.4. The van der Waals surface area contributed by atoms with Crippen LogP contribution < -0.4 is 15.0 Å². The van der Waals surface area contributed by atoms with Gasteiger partial charge in [0.25, 0.3) is 0 Å². The van der Waals surface area contributed by atoms with Gasteiger partial charge in [0, 0.05) is 37.4 Å². The molecule has 1 fully saturated rings. The van der Waals surface area contributed by atoms with Crippen LogP contribution in [-0.4, -0.2) is 36.4 Å². The van der Waals surface area contributed by atoms with Gasteiger partial charge in [0.05, 0.1) is 7.11 Å². The Morgan fingerprint density at radius 3 is 3.09 bits per heavy atom. The highest BCUT2D eigenvalue weighted by molar-refractivity contribution is 5.39. The second-order valence-corrected chi connectivity index (χ2v) is 5.66. The number of halogens is 1. The van der Waals surface area contributed by atoms with Crippen LogP contribution in [0.1, 0.15) is 18.4 Å². The summed E-state index contributed by atoms with van der Waals surface area (Å²) in [6.45, 7) is 2.39. The standard InChI is InChI=1S/C17H21FN4O/c1-23-16-7-6-14(18)10-13(16)11-19-12-15-4-3-9-22(15)17-5-2-8-20-21-17/h2,5-8,10,15,19H,3-4,9,11-12H2,1H3/t15-/m1/s1. The molecule has 122 valence electrons. The number of nitrogens with zero attached hydrogens (tertiary/aromatic N) is 3. The van der Waals surface area contributed by atoms with Crippen molar-refractivity contribution in [2.45, 2.75) is 25.4 Å². The Morgan fingerprint density at radius 2 is 2.30 bits per heavy atom. The van der Waals surface area contributed by atoms with E-state index in [1.807, 2.05) is 12.1 Å². The number of benzene rings is 1. The van der Waals surface area contributed by atoms with Gasteiger partial charge in [-0.05, 0) is 43.2 Å². The van der Waals surface area contributed by atoms with Gasteiger partial charge in [-0.2, -0.15) is 5.10 Å². The maximum absolute atomic E-state index is 13.4. The maximum Gasteiger partial charge on any atom is 0.151 e. The average Bonchev–Trinajstić information content (AvgIpc) is 3.04. The lowest BCUT2D eigenvalue weighted by Crippen LogP contribution is -2.38. The van der Waals surface area contributed by atoms with Crippen LogP contribution in [0.5, 0.6) is 5.75 Å². The summed E-state index contributed by atoms with van der Waals surface area (Å²) in [7, 11) is 1.60. The van der Waals surface area contributed by atoms with Crippen LogP contribution in [0.3, 0.4) is 0 Å². The first-order chi connectivity index (χ1) is 11.3. The smallest absolute Gasteiger partial charge is 0.151 e. The van der Waals surface area contributed by atoms with Crippen molar-refractivity contribution < 1.29 is 9.13 Å². The number of anilines is 1. The molecule has 2 aromatic rings. The van der Waals surface area contributed by atoms with Crippen LogP contribution >= 0.6 is 0 Å². The molecule has 23 heavy (non-hydrogen) atoms. The van der Waals surface area contributed by atoms with Gasteiger partial charge in [-0.1, -0.05) is 0 Å². The second-order valence-electron chi connectivity index (χ2n) is 5.66. The van der Waals surface area contributed by atoms with Crippen molar-refractivity contribution in [1.29, 1.82) is 0 Å². The van der Waals surface area contributed by atoms with Crippen LogP contribution in [0.15, 0.2) is 36.5 Å². The molecule has 1 N–H and O–H groups in total. The van der Waals surface area contributed by atoms with E-state index in [-0.39, 0.29) is 5.82 Å². The molecule has 1 aliphatic rings. The molecule has 0 spiro atoms. The normalized spacial score (nSPS) is 17.5. The fourth-order valence-electron chi connectivity index (χ4n) is 3.05. The lowest BCUT2D eigenvalue weighted by molar-refractivity contribution is 0.405. The molecule has 1 aliphatic heterocycles. The predicted octanol–water partition coefficient (Wildman–Crippen LogP) is 2.38. The summed E-state index contributed by atoms with van der Waals surface area (Å²) in [5.41, 5.74) is 0.830. The molecule has 2 heterocycles. The van der Waals surface area contributed by atoms with E-state index < -0.39 is 0 Å². The highest BCUT2D eigenvalue weighted by atomic mass is 19.1. The van der Waals surface area contributed by atoms with E-state index in [1.54, 1.807) is 19.4 Å². The van der Waals surface area contributed by atoms with Gasteiger partial charge in [0.15, 0.2) is 5.82 Å². The van der Waals surface area contributed by atoms with Gasteiger partial charge >= 0.3 is 0 Å². The summed E-state index contributed by atoms with van der Waals surface area (Å²) in [5.74, 6) is 1.38. The number of ether oxygens (including phenoxy) is 1. The Morgan fingerprint density at radius 1 is 1.39 bits per heavy atom. The zero-order valence-electron chi connectivity index (χ0n) is 13.2. The molecule has 0 saturated carbocycles.